The zero-order valence-corrected chi connectivity index (χ0v) is 25.7. The Hall–Kier alpha value is -3.24. The molecular formula is C33H43N3O5S. The van der Waals surface area contributed by atoms with E-state index in [4.69, 9.17) is 9.47 Å². The van der Waals surface area contributed by atoms with Gasteiger partial charge >= 0.3 is 0 Å². The van der Waals surface area contributed by atoms with Gasteiger partial charge in [-0.05, 0) is 55.9 Å². The van der Waals surface area contributed by atoms with E-state index in [1.165, 1.54) is 4.31 Å². The fourth-order valence-electron chi connectivity index (χ4n) is 5.77. The van der Waals surface area contributed by atoms with Crippen LogP contribution in [-0.2, 0) is 26.9 Å². The Balaban J connectivity index is 1.56. The molecule has 8 nitrogen and oxygen atoms in total. The number of rotatable bonds is 14. The number of para-hydroxylation sites is 1. The lowest BCUT2D eigenvalue weighted by molar-refractivity contribution is 0.0925. The standard InChI is InChI=1S/C33H43N3O5S/c1-4-41-24-23-35(2)42(38,39)36(25-27-13-7-5-8-14-27)29-19-21-33(22-20-29,28-15-9-6-10-16-28)26-34-32(37)30-17-11-12-18-31(30)40-3/h5-18,29H,4,19-26H2,1-3H3,(H,34,37). The Labute approximate surface area is 250 Å². The van der Waals surface area contributed by atoms with Crippen LogP contribution in [0.1, 0.15) is 54.1 Å². The number of methoxy groups -OCH3 is 1. The van der Waals surface area contributed by atoms with Gasteiger partial charge in [0, 0.05) is 44.7 Å². The normalized spacial score (nSPS) is 19.1. The van der Waals surface area contributed by atoms with Crippen LogP contribution in [0.25, 0.3) is 0 Å². The molecule has 1 aliphatic carbocycles. The molecule has 1 N–H and O–H groups in total. The molecule has 0 aliphatic heterocycles. The van der Waals surface area contributed by atoms with Crippen LogP contribution < -0.4 is 10.1 Å². The second kappa shape index (κ2) is 14.8. The van der Waals surface area contributed by atoms with Crippen LogP contribution in [0.5, 0.6) is 5.75 Å². The number of amides is 1. The van der Waals surface area contributed by atoms with Gasteiger partial charge in [-0.15, -0.1) is 0 Å². The van der Waals surface area contributed by atoms with Gasteiger partial charge in [-0.3, -0.25) is 4.79 Å². The number of nitrogens with zero attached hydrogens (tertiary/aromatic N) is 2. The van der Waals surface area contributed by atoms with E-state index < -0.39 is 10.2 Å². The first-order valence-corrected chi connectivity index (χ1v) is 16.0. The summed E-state index contributed by atoms with van der Waals surface area (Å²) < 4.78 is 41.8. The second-order valence-electron chi connectivity index (χ2n) is 10.8. The van der Waals surface area contributed by atoms with Crippen LogP contribution in [-0.4, -0.2) is 69.4 Å². The second-order valence-corrected chi connectivity index (χ2v) is 12.8. The summed E-state index contributed by atoms with van der Waals surface area (Å²) in [6.07, 6.45) is 2.81. The molecule has 0 spiro atoms. The Morgan fingerprint density at radius 1 is 0.952 bits per heavy atom. The Morgan fingerprint density at radius 3 is 2.21 bits per heavy atom. The first-order chi connectivity index (χ1) is 20.3. The SMILES string of the molecule is CCOCCN(C)S(=O)(=O)N(Cc1ccccc1)C1CCC(CNC(=O)c2ccccc2OC)(c2ccccc2)CC1. The zero-order valence-electron chi connectivity index (χ0n) is 24.9. The lowest BCUT2D eigenvalue weighted by Crippen LogP contribution is -2.51. The van der Waals surface area contributed by atoms with Crippen molar-refractivity contribution in [2.24, 2.45) is 0 Å². The van der Waals surface area contributed by atoms with E-state index in [2.05, 4.69) is 17.4 Å². The number of hydrogen-bond acceptors (Lipinski definition) is 5. The maximum Gasteiger partial charge on any atom is 0.282 e. The van der Waals surface area contributed by atoms with Crippen molar-refractivity contribution in [2.75, 3.05) is 40.5 Å². The Kier molecular flexibility index (Phi) is 11.2. The van der Waals surface area contributed by atoms with Crippen molar-refractivity contribution < 1.29 is 22.7 Å². The Morgan fingerprint density at radius 2 is 1.57 bits per heavy atom. The van der Waals surface area contributed by atoms with Crippen LogP contribution in [0.4, 0.5) is 0 Å². The molecule has 226 valence electrons. The average molecular weight is 594 g/mol. The van der Waals surface area contributed by atoms with E-state index in [1.807, 2.05) is 67.6 Å². The van der Waals surface area contributed by atoms with Gasteiger partial charge in [0.15, 0.2) is 0 Å². The highest BCUT2D eigenvalue weighted by Gasteiger charge is 2.42. The van der Waals surface area contributed by atoms with E-state index in [0.717, 1.165) is 24.0 Å². The number of ether oxygens (including phenoxy) is 2. The van der Waals surface area contributed by atoms with Crippen LogP contribution in [0, 0.1) is 0 Å². The van der Waals surface area contributed by atoms with Crippen LogP contribution in [0.3, 0.4) is 0 Å². The molecule has 4 rings (SSSR count). The highest BCUT2D eigenvalue weighted by molar-refractivity contribution is 7.86. The monoisotopic (exact) mass is 593 g/mol. The van der Waals surface area contributed by atoms with Gasteiger partial charge in [-0.25, -0.2) is 0 Å². The number of likely N-dealkylation sites (N-methyl/N-ethyl adjacent to an activating group) is 1. The van der Waals surface area contributed by atoms with Crippen molar-refractivity contribution in [1.82, 2.24) is 13.9 Å². The summed E-state index contributed by atoms with van der Waals surface area (Å²) in [4.78, 5) is 13.2. The third-order valence-corrected chi connectivity index (χ3v) is 10.3. The van der Waals surface area contributed by atoms with Gasteiger partial charge < -0.3 is 14.8 Å². The minimum atomic E-state index is -3.75. The molecule has 0 saturated heterocycles. The molecule has 0 unspecified atom stereocenters. The molecular weight excluding hydrogens is 550 g/mol. The minimum Gasteiger partial charge on any atom is -0.496 e. The summed E-state index contributed by atoms with van der Waals surface area (Å²) in [5.41, 5.74) is 2.27. The largest absolute Gasteiger partial charge is 0.496 e. The molecule has 1 amide bonds. The molecule has 0 atom stereocenters. The van der Waals surface area contributed by atoms with Gasteiger partial charge in [0.2, 0.25) is 0 Å². The van der Waals surface area contributed by atoms with Crippen molar-refractivity contribution in [3.05, 3.63) is 102 Å². The number of hydrogen-bond donors (Lipinski definition) is 1. The average Bonchev–Trinajstić information content (AvgIpc) is 3.03. The molecule has 0 bridgehead atoms. The van der Waals surface area contributed by atoms with E-state index in [-0.39, 0.29) is 23.9 Å². The topological polar surface area (TPSA) is 88.2 Å². The Bertz CT molecular complexity index is 1380. The highest BCUT2D eigenvalue weighted by Crippen LogP contribution is 2.41. The molecule has 42 heavy (non-hydrogen) atoms. The molecule has 1 saturated carbocycles. The van der Waals surface area contributed by atoms with Gasteiger partial charge in [0.25, 0.3) is 16.1 Å². The highest BCUT2D eigenvalue weighted by atomic mass is 32.2. The van der Waals surface area contributed by atoms with Crippen LogP contribution in [0.15, 0.2) is 84.9 Å². The third-order valence-electron chi connectivity index (χ3n) is 8.27. The molecule has 0 aromatic heterocycles. The fraction of sp³-hybridized carbons (Fsp3) is 0.424. The number of nitrogens with one attached hydrogen (secondary N) is 1. The molecule has 9 heteroatoms. The molecule has 0 radical (unpaired) electrons. The maximum atomic E-state index is 13.9. The van der Waals surface area contributed by atoms with Gasteiger partial charge in [-0.1, -0.05) is 72.8 Å². The van der Waals surface area contributed by atoms with E-state index >= 15 is 0 Å². The van der Waals surface area contributed by atoms with E-state index in [1.54, 1.807) is 30.6 Å². The third kappa shape index (κ3) is 7.58. The number of carbonyl (C=O) groups excluding carboxylic acids is 1. The van der Waals surface area contributed by atoms with Crippen LogP contribution >= 0.6 is 0 Å². The van der Waals surface area contributed by atoms with Gasteiger partial charge in [0.05, 0.1) is 19.3 Å². The molecule has 1 aliphatic rings. The summed E-state index contributed by atoms with van der Waals surface area (Å²) in [5.74, 6) is 0.344. The lowest BCUT2D eigenvalue weighted by Gasteiger charge is -2.44. The summed E-state index contributed by atoms with van der Waals surface area (Å²) in [6.45, 7) is 3.82. The predicted molar refractivity (Wildman–Crippen MR) is 166 cm³/mol. The van der Waals surface area contributed by atoms with Crippen molar-refractivity contribution in [3.8, 4) is 5.75 Å². The summed E-state index contributed by atoms with van der Waals surface area (Å²) in [5, 5.41) is 3.17. The summed E-state index contributed by atoms with van der Waals surface area (Å²) in [6, 6.07) is 27.0. The molecule has 3 aromatic rings. The lowest BCUT2D eigenvalue weighted by atomic mass is 9.68. The zero-order chi connectivity index (χ0) is 30.0. The number of carbonyl (C=O) groups is 1. The quantitative estimate of drug-likeness (QED) is 0.265. The van der Waals surface area contributed by atoms with Crippen molar-refractivity contribution in [2.45, 2.75) is 50.6 Å². The fourth-order valence-corrected chi connectivity index (χ4v) is 7.34. The summed E-state index contributed by atoms with van der Waals surface area (Å²) in [7, 11) is -0.568. The van der Waals surface area contributed by atoms with E-state index in [9.17, 15) is 13.2 Å². The summed E-state index contributed by atoms with van der Waals surface area (Å²) >= 11 is 0. The smallest absolute Gasteiger partial charge is 0.282 e. The molecule has 3 aromatic carbocycles. The van der Waals surface area contributed by atoms with Crippen molar-refractivity contribution in [1.29, 1.82) is 0 Å². The maximum absolute atomic E-state index is 13.9. The first-order valence-electron chi connectivity index (χ1n) is 14.6. The predicted octanol–water partition coefficient (Wildman–Crippen LogP) is 5.02. The van der Waals surface area contributed by atoms with Gasteiger partial charge in [-0.2, -0.15) is 17.0 Å². The molecule has 1 fully saturated rings. The number of benzene rings is 3. The minimum absolute atomic E-state index is 0.175. The van der Waals surface area contributed by atoms with Crippen molar-refractivity contribution >= 4 is 16.1 Å². The van der Waals surface area contributed by atoms with Crippen LogP contribution in [0.2, 0.25) is 0 Å². The van der Waals surface area contributed by atoms with Gasteiger partial charge in [0.1, 0.15) is 5.75 Å². The van der Waals surface area contributed by atoms with Crippen molar-refractivity contribution in [3.63, 3.8) is 0 Å². The van der Waals surface area contributed by atoms with E-state index in [0.29, 0.717) is 50.5 Å². The molecule has 0 heterocycles. The first kappa shape index (κ1) is 31.7.